The molecule has 2 rings (SSSR count). The van der Waals surface area contributed by atoms with Crippen molar-refractivity contribution in [3.63, 3.8) is 0 Å². The first-order valence-electron chi connectivity index (χ1n) is 10.8. The van der Waals surface area contributed by atoms with E-state index >= 15 is 0 Å². The minimum atomic E-state index is -0.695. The van der Waals surface area contributed by atoms with Crippen molar-refractivity contribution >= 4 is 35.0 Å². The summed E-state index contributed by atoms with van der Waals surface area (Å²) < 4.78 is 5.72. The highest BCUT2D eigenvalue weighted by molar-refractivity contribution is 6.35. The summed E-state index contributed by atoms with van der Waals surface area (Å²) in [4.78, 5) is 27.3. The van der Waals surface area contributed by atoms with Crippen molar-refractivity contribution in [3.05, 3.63) is 63.6 Å². The summed E-state index contributed by atoms with van der Waals surface area (Å²) in [5, 5.41) is 3.84. The molecule has 0 aliphatic carbocycles. The highest BCUT2D eigenvalue weighted by Gasteiger charge is 2.27. The highest BCUT2D eigenvalue weighted by Crippen LogP contribution is 2.24. The molecule has 1 atom stereocenters. The molecule has 174 valence electrons. The van der Waals surface area contributed by atoms with E-state index in [4.69, 9.17) is 27.9 Å². The normalized spacial score (nSPS) is 12.0. The van der Waals surface area contributed by atoms with Crippen LogP contribution in [0.2, 0.25) is 10.0 Å². The van der Waals surface area contributed by atoms with Gasteiger partial charge in [0, 0.05) is 23.1 Å². The molecule has 7 heteroatoms. The number of hydrogen-bond donors (Lipinski definition) is 1. The fourth-order valence-electron chi connectivity index (χ4n) is 3.05. The minimum absolute atomic E-state index is 0.167. The Labute approximate surface area is 201 Å². The predicted molar refractivity (Wildman–Crippen MR) is 130 cm³/mol. The number of amides is 2. The van der Waals surface area contributed by atoms with Gasteiger partial charge >= 0.3 is 0 Å². The lowest BCUT2D eigenvalue weighted by Gasteiger charge is -2.29. The van der Waals surface area contributed by atoms with E-state index in [2.05, 4.69) is 19.2 Å². The molecular formula is C25H32Cl2N2O3. The van der Waals surface area contributed by atoms with Crippen LogP contribution in [0, 0.1) is 5.92 Å². The Kier molecular flexibility index (Phi) is 9.85. The van der Waals surface area contributed by atoms with Gasteiger partial charge in [-0.25, -0.2) is 0 Å². The van der Waals surface area contributed by atoms with Crippen LogP contribution in [0.25, 0.3) is 0 Å². The zero-order valence-electron chi connectivity index (χ0n) is 19.3. The molecule has 0 heterocycles. The first kappa shape index (κ1) is 26.0. The Balaban J connectivity index is 2.15. The van der Waals surface area contributed by atoms with Crippen molar-refractivity contribution in [2.24, 2.45) is 5.92 Å². The number of carbonyl (C=O) groups excluding carboxylic acids is 2. The maximum atomic E-state index is 13.1. The fraction of sp³-hybridized carbons (Fsp3) is 0.440. The Morgan fingerprint density at radius 3 is 2.22 bits per heavy atom. The molecule has 2 aromatic carbocycles. The molecule has 0 aliphatic heterocycles. The van der Waals surface area contributed by atoms with E-state index in [1.54, 1.807) is 25.1 Å². The summed E-state index contributed by atoms with van der Waals surface area (Å²) in [7, 11) is 0. The summed E-state index contributed by atoms with van der Waals surface area (Å²) >= 11 is 12.3. The molecular weight excluding hydrogens is 447 g/mol. The molecule has 0 bridgehead atoms. The van der Waals surface area contributed by atoms with Crippen molar-refractivity contribution in [3.8, 4) is 5.75 Å². The first-order chi connectivity index (χ1) is 15.1. The van der Waals surface area contributed by atoms with Crippen LogP contribution in [0.15, 0.2) is 42.5 Å². The quantitative estimate of drug-likeness (QED) is 0.477. The molecule has 0 saturated heterocycles. The summed E-state index contributed by atoms with van der Waals surface area (Å²) in [6.45, 7) is 10.5. The Morgan fingerprint density at radius 2 is 1.66 bits per heavy atom. The Morgan fingerprint density at radius 1 is 1.00 bits per heavy atom. The second kappa shape index (κ2) is 12.1. The van der Waals surface area contributed by atoms with Gasteiger partial charge in [-0.3, -0.25) is 9.59 Å². The van der Waals surface area contributed by atoms with E-state index in [0.717, 1.165) is 0 Å². The van der Waals surface area contributed by atoms with Gasteiger partial charge in [-0.2, -0.15) is 0 Å². The lowest BCUT2D eigenvalue weighted by atomic mass is 10.0. The first-order valence-corrected chi connectivity index (χ1v) is 11.6. The maximum Gasteiger partial charge on any atom is 0.261 e. The predicted octanol–water partition coefficient (Wildman–Crippen LogP) is 5.69. The Hall–Kier alpha value is -2.24. The second-order valence-corrected chi connectivity index (χ2v) is 9.43. The molecule has 0 fully saturated rings. The van der Waals surface area contributed by atoms with Crippen LogP contribution < -0.4 is 10.1 Å². The third-order valence-electron chi connectivity index (χ3n) is 5.12. The SMILES string of the molecule is CC(C)CNC(=O)[C@@H](C)N(Cc1ccc(Cl)cc1Cl)C(=O)COc1ccc(C(C)C)cc1. The average molecular weight is 479 g/mol. The standard InChI is InChI=1S/C25H32Cl2N2O3/c1-16(2)13-28-25(31)18(5)29(14-20-6-9-21(26)12-23(20)27)24(30)15-32-22-10-7-19(8-11-22)17(3)4/h6-12,16-18H,13-15H2,1-5H3,(H,28,31)/t18-/m1/s1. The summed E-state index contributed by atoms with van der Waals surface area (Å²) in [6, 6.07) is 12.1. The van der Waals surface area contributed by atoms with E-state index in [1.165, 1.54) is 10.5 Å². The average Bonchev–Trinajstić information content (AvgIpc) is 2.75. The maximum absolute atomic E-state index is 13.1. The van der Waals surface area contributed by atoms with Crippen LogP contribution in [0.3, 0.4) is 0 Å². The molecule has 0 aromatic heterocycles. The monoisotopic (exact) mass is 478 g/mol. The van der Waals surface area contributed by atoms with Crippen LogP contribution >= 0.6 is 23.2 Å². The molecule has 0 unspecified atom stereocenters. The molecule has 32 heavy (non-hydrogen) atoms. The molecule has 0 saturated carbocycles. The molecule has 2 aromatic rings. The minimum Gasteiger partial charge on any atom is -0.484 e. The zero-order chi connectivity index (χ0) is 23.8. The van der Waals surface area contributed by atoms with Gasteiger partial charge in [-0.15, -0.1) is 0 Å². The number of rotatable bonds is 10. The number of hydrogen-bond acceptors (Lipinski definition) is 3. The molecule has 0 radical (unpaired) electrons. The van der Waals surface area contributed by atoms with Crippen molar-refractivity contribution in [2.75, 3.05) is 13.2 Å². The Bertz CT molecular complexity index is 914. The fourth-order valence-corrected chi connectivity index (χ4v) is 3.51. The van der Waals surface area contributed by atoms with Gasteiger partial charge in [-0.05, 0) is 54.2 Å². The van der Waals surface area contributed by atoms with Gasteiger partial charge in [0.1, 0.15) is 11.8 Å². The number of nitrogens with one attached hydrogen (secondary N) is 1. The lowest BCUT2D eigenvalue weighted by Crippen LogP contribution is -2.49. The molecule has 1 N–H and O–H groups in total. The van der Waals surface area contributed by atoms with Gasteiger partial charge in [0.05, 0.1) is 0 Å². The van der Waals surface area contributed by atoms with E-state index in [1.807, 2.05) is 38.1 Å². The van der Waals surface area contributed by atoms with Crippen molar-refractivity contribution < 1.29 is 14.3 Å². The number of carbonyl (C=O) groups is 2. The third kappa shape index (κ3) is 7.72. The number of halogens is 2. The van der Waals surface area contributed by atoms with Gasteiger partial charge in [0.25, 0.3) is 5.91 Å². The van der Waals surface area contributed by atoms with E-state index in [0.29, 0.717) is 39.7 Å². The number of benzene rings is 2. The van der Waals surface area contributed by atoms with Crippen molar-refractivity contribution in [2.45, 2.75) is 53.1 Å². The second-order valence-electron chi connectivity index (χ2n) is 8.58. The van der Waals surface area contributed by atoms with E-state index in [-0.39, 0.29) is 25.0 Å². The zero-order valence-corrected chi connectivity index (χ0v) is 20.8. The van der Waals surface area contributed by atoms with Crippen LogP contribution in [-0.4, -0.2) is 35.9 Å². The molecule has 2 amide bonds. The number of nitrogens with zero attached hydrogens (tertiary/aromatic N) is 1. The highest BCUT2D eigenvalue weighted by atomic mass is 35.5. The third-order valence-corrected chi connectivity index (χ3v) is 5.70. The van der Waals surface area contributed by atoms with E-state index in [9.17, 15) is 9.59 Å². The molecule has 5 nitrogen and oxygen atoms in total. The van der Waals surface area contributed by atoms with E-state index < -0.39 is 6.04 Å². The summed E-state index contributed by atoms with van der Waals surface area (Å²) in [6.07, 6.45) is 0. The molecule has 0 aliphatic rings. The number of ether oxygens (including phenoxy) is 1. The van der Waals surface area contributed by atoms with Crippen LogP contribution in [0.5, 0.6) is 5.75 Å². The molecule has 0 spiro atoms. The largest absolute Gasteiger partial charge is 0.484 e. The smallest absolute Gasteiger partial charge is 0.261 e. The van der Waals surface area contributed by atoms with Gasteiger partial charge in [0.2, 0.25) is 5.91 Å². The summed E-state index contributed by atoms with van der Waals surface area (Å²) in [5.74, 6) is 0.785. The summed E-state index contributed by atoms with van der Waals surface area (Å²) in [5.41, 5.74) is 1.90. The van der Waals surface area contributed by atoms with Crippen molar-refractivity contribution in [1.82, 2.24) is 10.2 Å². The van der Waals surface area contributed by atoms with Crippen LogP contribution in [-0.2, 0) is 16.1 Å². The van der Waals surface area contributed by atoms with Crippen molar-refractivity contribution in [1.29, 1.82) is 0 Å². The van der Waals surface area contributed by atoms with Gasteiger partial charge in [0.15, 0.2) is 6.61 Å². The van der Waals surface area contributed by atoms with Gasteiger partial charge < -0.3 is 15.0 Å². The lowest BCUT2D eigenvalue weighted by molar-refractivity contribution is -0.142. The van der Waals surface area contributed by atoms with Crippen LogP contribution in [0.1, 0.15) is 51.7 Å². The van der Waals surface area contributed by atoms with Crippen LogP contribution in [0.4, 0.5) is 0 Å². The van der Waals surface area contributed by atoms with Gasteiger partial charge in [-0.1, -0.05) is 69.1 Å². The topological polar surface area (TPSA) is 58.6 Å².